The molecule has 0 saturated heterocycles. The van der Waals surface area contributed by atoms with E-state index in [0.29, 0.717) is 5.76 Å². The van der Waals surface area contributed by atoms with E-state index in [9.17, 15) is 0 Å². The van der Waals surface area contributed by atoms with Crippen molar-refractivity contribution in [2.75, 3.05) is 0 Å². The Hall–Kier alpha value is -0.720. The van der Waals surface area contributed by atoms with Crippen LogP contribution in [0.4, 0.5) is 0 Å². The fourth-order valence-corrected chi connectivity index (χ4v) is 0.986. The maximum Gasteiger partial charge on any atom is 0.0966 e. The van der Waals surface area contributed by atoms with E-state index in [0.717, 1.165) is 6.42 Å². The SMILES string of the molecule is OC1=CC2=C(C1)C2. The number of aliphatic hydroxyl groups excluding tert-OH is 1. The molecule has 2 aliphatic rings. The monoisotopic (exact) mass is 94.0 g/mol. The summed E-state index contributed by atoms with van der Waals surface area (Å²) in [4.78, 5) is 0. The minimum absolute atomic E-state index is 0.552. The minimum atomic E-state index is 0.552. The first-order chi connectivity index (χ1) is 3.36. The summed E-state index contributed by atoms with van der Waals surface area (Å²) in [6, 6.07) is 0. The first-order valence-corrected chi connectivity index (χ1v) is 2.47. The second-order valence-corrected chi connectivity index (χ2v) is 2.12. The second kappa shape index (κ2) is 0.760. The maximum absolute atomic E-state index is 8.75. The van der Waals surface area contributed by atoms with Gasteiger partial charge in [0.05, 0.1) is 5.76 Å². The molecule has 0 radical (unpaired) electrons. The van der Waals surface area contributed by atoms with Gasteiger partial charge in [-0.2, -0.15) is 0 Å². The van der Waals surface area contributed by atoms with Crippen LogP contribution in [0.3, 0.4) is 0 Å². The predicted molar refractivity (Wildman–Crippen MR) is 27.0 cm³/mol. The van der Waals surface area contributed by atoms with Crippen molar-refractivity contribution in [3.8, 4) is 0 Å². The van der Waals surface area contributed by atoms with Crippen LogP contribution in [-0.2, 0) is 0 Å². The molecular formula is C6H6O. The quantitative estimate of drug-likeness (QED) is 0.482. The highest BCUT2D eigenvalue weighted by Gasteiger charge is 2.25. The molecule has 2 rings (SSSR count). The van der Waals surface area contributed by atoms with Crippen LogP contribution in [0.1, 0.15) is 12.8 Å². The van der Waals surface area contributed by atoms with Crippen molar-refractivity contribution in [2.24, 2.45) is 0 Å². The van der Waals surface area contributed by atoms with E-state index < -0.39 is 0 Å². The van der Waals surface area contributed by atoms with Gasteiger partial charge in [0.25, 0.3) is 0 Å². The number of aliphatic hydroxyl groups is 1. The first kappa shape index (κ1) is 3.30. The standard InChI is InChI=1S/C6H6O/c7-6-2-4-1-5(4)3-6/h2,7H,1,3H2. The lowest BCUT2D eigenvalue weighted by molar-refractivity contribution is 0.400. The van der Waals surface area contributed by atoms with Gasteiger partial charge in [0.2, 0.25) is 0 Å². The van der Waals surface area contributed by atoms with Crippen LogP contribution in [0.5, 0.6) is 0 Å². The Kier molecular flexibility index (Phi) is 0.359. The fraction of sp³-hybridized carbons (Fsp3) is 0.333. The molecule has 2 aliphatic carbocycles. The number of allylic oxidation sites excluding steroid dienone is 3. The molecule has 1 nitrogen and oxygen atoms in total. The topological polar surface area (TPSA) is 20.2 Å². The van der Waals surface area contributed by atoms with Gasteiger partial charge in [0.1, 0.15) is 0 Å². The predicted octanol–water partition coefficient (Wildman–Crippen LogP) is 1.53. The lowest BCUT2D eigenvalue weighted by atomic mass is 10.3. The Morgan fingerprint density at radius 1 is 1.43 bits per heavy atom. The van der Waals surface area contributed by atoms with Crippen LogP contribution in [-0.4, -0.2) is 5.11 Å². The van der Waals surface area contributed by atoms with Crippen LogP contribution >= 0.6 is 0 Å². The van der Waals surface area contributed by atoms with Gasteiger partial charge in [-0.25, -0.2) is 0 Å². The first-order valence-electron chi connectivity index (χ1n) is 2.47. The highest BCUT2D eigenvalue weighted by atomic mass is 16.3. The molecular weight excluding hydrogens is 88.1 g/mol. The third-order valence-corrected chi connectivity index (χ3v) is 1.47. The summed E-state index contributed by atoms with van der Waals surface area (Å²) < 4.78 is 0. The van der Waals surface area contributed by atoms with E-state index in [2.05, 4.69) is 0 Å². The Morgan fingerprint density at radius 2 is 2.29 bits per heavy atom. The summed E-state index contributed by atoms with van der Waals surface area (Å²) in [7, 11) is 0. The van der Waals surface area contributed by atoms with Gasteiger partial charge in [-0.1, -0.05) is 5.57 Å². The molecule has 0 unspecified atom stereocenters. The molecule has 0 amide bonds. The summed E-state index contributed by atoms with van der Waals surface area (Å²) in [6.45, 7) is 0. The zero-order valence-electron chi connectivity index (χ0n) is 3.94. The van der Waals surface area contributed by atoms with Crippen molar-refractivity contribution in [2.45, 2.75) is 12.8 Å². The van der Waals surface area contributed by atoms with E-state index in [1.165, 1.54) is 17.6 Å². The molecule has 1 heteroatoms. The van der Waals surface area contributed by atoms with Crippen LogP contribution in [0.15, 0.2) is 23.0 Å². The van der Waals surface area contributed by atoms with E-state index in [-0.39, 0.29) is 0 Å². The minimum Gasteiger partial charge on any atom is -0.512 e. The zero-order chi connectivity index (χ0) is 4.85. The number of rotatable bonds is 0. The van der Waals surface area contributed by atoms with Crippen molar-refractivity contribution < 1.29 is 5.11 Å². The third-order valence-electron chi connectivity index (χ3n) is 1.47. The molecule has 0 atom stereocenters. The second-order valence-electron chi connectivity index (χ2n) is 2.12. The highest BCUT2D eigenvalue weighted by molar-refractivity contribution is 5.51. The molecule has 0 aromatic carbocycles. The molecule has 0 spiro atoms. The molecule has 1 N–H and O–H groups in total. The Labute approximate surface area is 42.0 Å². The fourth-order valence-electron chi connectivity index (χ4n) is 0.986. The Morgan fingerprint density at radius 3 is 2.57 bits per heavy atom. The molecule has 36 valence electrons. The Bertz CT molecular complexity index is 175. The highest BCUT2D eigenvalue weighted by Crippen LogP contribution is 2.42. The molecule has 0 aromatic heterocycles. The maximum atomic E-state index is 8.75. The van der Waals surface area contributed by atoms with Gasteiger partial charge in [0, 0.05) is 6.42 Å². The van der Waals surface area contributed by atoms with Crippen molar-refractivity contribution in [1.29, 1.82) is 0 Å². The molecule has 0 heterocycles. The Balaban J connectivity index is 2.35. The third kappa shape index (κ3) is 0.322. The van der Waals surface area contributed by atoms with Gasteiger partial charge < -0.3 is 5.11 Å². The molecule has 0 saturated carbocycles. The lowest BCUT2D eigenvalue weighted by Gasteiger charge is -1.88. The average Bonchev–Trinajstić information content (AvgIpc) is 2.15. The van der Waals surface area contributed by atoms with Gasteiger partial charge in [0.15, 0.2) is 0 Å². The van der Waals surface area contributed by atoms with E-state index in [4.69, 9.17) is 5.11 Å². The normalized spacial score (nSPS) is 24.9. The van der Waals surface area contributed by atoms with E-state index >= 15 is 0 Å². The van der Waals surface area contributed by atoms with E-state index in [1.807, 2.05) is 6.08 Å². The molecule has 0 fully saturated rings. The van der Waals surface area contributed by atoms with Gasteiger partial charge >= 0.3 is 0 Å². The van der Waals surface area contributed by atoms with Crippen LogP contribution in [0.25, 0.3) is 0 Å². The van der Waals surface area contributed by atoms with Crippen LogP contribution in [0.2, 0.25) is 0 Å². The summed E-state index contributed by atoms with van der Waals surface area (Å²) in [6.07, 6.45) is 3.88. The smallest absolute Gasteiger partial charge is 0.0966 e. The van der Waals surface area contributed by atoms with Gasteiger partial charge in [-0.3, -0.25) is 0 Å². The summed E-state index contributed by atoms with van der Waals surface area (Å²) in [5.41, 5.74) is 2.81. The van der Waals surface area contributed by atoms with Crippen molar-refractivity contribution >= 4 is 0 Å². The summed E-state index contributed by atoms with van der Waals surface area (Å²) >= 11 is 0. The average molecular weight is 94.1 g/mol. The number of hydrogen-bond donors (Lipinski definition) is 1. The van der Waals surface area contributed by atoms with Crippen molar-refractivity contribution in [3.05, 3.63) is 23.0 Å². The van der Waals surface area contributed by atoms with Gasteiger partial charge in [-0.15, -0.1) is 0 Å². The lowest BCUT2D eigenvalue weighted by Crippen LogP contribution is -1.74. The van der Waals surface area contributed by atoms with Gasteiger partial charge in [-0.05, 0) is 18.1 Å². The number of hydrogen-bond acceptors (Lipinski definition) is 1. The van der Waals surface area contributed by atoms with Crippen molar-refractivity contribution in [1.82, 2.24) is 0 Å². The summed E-state index contributed by atoms with van der Waals surface area (Å²) in [5, 5.41) is 8.75. The van der Waals surface area contributed by atoms with Crippen molar-refractivity contribution in [3.63, 3.8) is 0 Å². The molecule has 0 bridgehead atoms. The molecule has 0 aliphatic heterocycles. The van der Waals surface area contributed by atoms with Crippen LogP contribution in [0, 0.1) is 0 Å². The summed E-state index contributed by atoms with van der Waals surface area (Å²) in [5.74, 6) is 0.552. The zero-order valence-corrected chi connectivity index (χ0v) is 3.94. The van der Waals surface area contributed by atoms with E-state index in [1.54, 1.807) is 0 Å². The molecule has 0 aromatic rings. The largest absolute Gasteiger partial charge is 0.512 e. The van der Waals surface area contributed by atoms with Crippen LogP contribution < -0.4 is 0 Å². The molecule has 7 heavy (non-hydrogen) atoms.